The maximum Gasteiger partial charge on any atom is 0.182 e. The molecule has 4 aromatic heterocycles. The van der Waals surface area contributed by atoms with E-state index in [0.29, 0.717) is 5.82 Å². The summed E-state index contributed by atoms with van der Waals surface area (Å²) in [4.78, 5) is 13.9. The van der Waals surface area contributed by atoms with Crippen LogP contribution in [0.4, 0.5) is 0 Å². The molecule has 0 saturated heterocycles. The molecule has 0 saturated carbocycles. The quantitative estimate of drug-likeness (QED) is 0.415. The Kier molecular flexibility index (Phi) is 4.39. The van der Waals surface area contributed by atoms with Crippen molar-refractivity contribution in [2.24, 2.45) is 0 Å². The summed E-state index contributed by atoms with van der Waals surface area (Å²) in [7, 11) is 0. The third-order valence-corrected chi connectivity index (χ3v) is 6.02. The van der Waals surface area contributed by atoms with Gasteiger partial charge in [0.2, 0.25) is 0 Å². The largest absolute Gasteiger partial charge is 0.325 e. The first-order valence-corrected chi connectivity index (χ1v) is 10.5. The lowest BCUT2D eigenvalue weighted by Gasteiger charge is -2.18. The highest BCUT2D eigenvalue weighted by molar-refractivity contribution is 5.94. The molecule has 5 rings (SSSR count). The molecule has 0 spiro atoms. The number of pyridine rings is 1. The molecule has 0 aliphatic carbocycles. The predicted octanol–water partition coefficient (Wildman–Crippen LogP) is 5.10. The Bertz CT molecular complexity index is 1390. The van der Waals surface area contributed by atoms with Crippen LogP contribution >= 0.6 is 0 Å². The Hall–Kier alpha value is -3.54. The van der Waals surface area contributed by atoms with E-state index in [9.17, 15) is 0 Å². The van der Waals surface area contributed by atoms with Gasteiger partial charge in [0.1, 0.15) is 12.0 Å². The minimum Gasteiger partial charge on any atom is -0.325 e. The lowest BCUT2D eigenvalue weighted by Crippen LogP contribution is -2.10. The van der Waals surface area contributed by atoms with Crippen LogP contribution in [0.25, 0.3) is 28.1 Å². The third-order valence-electron chi connectivity index (χ3n) is 6.02. The molecule has 156 valence electrons. The van der Waals surface area contributed by atoms with Gasteiger partial charge in [0.05, 0.1) is 11.9 Å². The van der Waals surface area contributed by atoms with Crippen molar-refractivity contribution in [3.05, 3.63) is 77.5 Å². The SMILES string of the molecule is Cc1c(C)n(Cc2cccnc2)c2ncn3nc(-c4ccc(C(C)(C)C)cc4)nc3c12. The topological polar surface area (TPSA) is 60.9 Å². The molecule has 0 radical (unpaired) electrons. The van der Waals surface area contributed by atoms with E-state index in [-0.39, 0.29) is 5.41 Å². The van der Waals surface area contributed by atoms with Crippen molar-refractivity contribution in [3.63, 3.8) is 0 Å². The van der Waals surface area contributed by atoms with E-state index in [1.165, 1.54) is 16.8 Å². The molecular formula is C25H26N6. The number of aryl methyl sites for hydroxylation is 1. The average molecular weight is 411 g/mol. The van der Waals surface area contributed by atoms with Crippen LogP contribution in [0.2, 0.25) is 0 Å². The van der Waals surface area contributed by atoms with E-state index >= 15 is 0 Å². The molecule has 31 heavy (non-hydrogen) atoms. The van der Waals surface area contributed by atoms with E-state index in [1.807, 2.05) is 12.3 Å². The normalized spacial score (nSPS) is 12.2. The van der Waals surface area contributed by atoms with Gasteiger partial charge in [0.15, 0.2) is 11.5 Å². The van der Waals surface area contributed by atoms with Crippen molar-refractivity contribution in [1.29, 1.82) is 0 Å². The fourth-order valence-electron chi connectivity index (χ4n) is 4.04. The first-order valence-electron chi connectivity index (χ1n) is 10.5. The van der Waals surface area contributed by atoms with E-state index in [2.05, 4.69) is 74.5 Å². The predicted molar refractivity (Wildman–Crippen MR) is 123 cm³/mol. The summed E-state index contributed by atoms with van der Waals surface area (Å²) in [6, 6.07) is 12.6. The summed E-state index contributed by atoms with van der Waals surface area (Å²) in [5.74, 6) is 0.715. The van der Waals surface area contributed by atoms with Gasteiger partial charge in [-0.25, -0.2) is 14.5 Å². The monoisotopic (exact) mass is 410 g/mol. The van der Waals surface area contributed by atoms with Gasteiger partial charge in [0, 0.05) is 23.7 Å². The lowest BCUT2D eigenvalue weighted by molar-refractivity contribution is 0.590. The molecule has 1 aromatic carbocycles. The molecule has 6 nitrogen and oxygen atoms in total. The van der Waals surface area contributed by atoms with E-state index in [0.717, 1.165) is 34.4 Å². The minimum atomic E-state index is 0.118. The number of rotatable bonds is 3. The Morgan fingerprint density at radius 3 is 2.42 bits per heavy atom. The van der Waals surface area contributed by atoms with Crippen LogP contribution in [-0.2, 0) is 12.0 Å². The standard InChI is InChI=1S/C25H26N6/c1-16-17(2)30(14-18-7-6-12-26-13-18)23-21(16)24-28-22(29-31(24)15-27-23)19-8-10-20(11-9-19)25(3,4)5/h6-13,15H,14H2,1-5H3. The Morgan fingerprint density at radius 1 is 0.968 bits per heavy atom. The van der Waals surface area contributed by atoms with Gasteiger partial charge in [-0.1, -0.05) is 51.1 Å². The van der Waals surface area contributed by atoms with Crippen LogP contribution in [0, 0.1) is 13.8 Å². The van der Waals surface area contributed by atoms with Crippen LogP contribution in [0.3, 0.4) is 0 Å². The van der Waals surface area contributed by atoms with Crippen molar-refractivity contribution in [1.82, 2.24) is 29.1 Å². The highest BCUT2D eigenvalue weighted by atomic mass is 15.3. The van der Waals surface area contributed by atoms with Gasteiger partial charge in [0.25, 0.3) is 0 Å². The second kappa shape index (κ2) is 7.01. The van der Waals surface area contributed by atoms with Crippen LogP contribution < -0.4 is 0 Å². The van der Waals surface area contributed by atoms with Gasteiger partial charge < -0.3 is 4.57 Å². The van der Waals surface area contributed by atoms with Crippen molar-refractivity contribution in [2.75, 3.05) is 0 Å². The van der Waals surface area contributed by atoms with Crippen LogP contribution in [0.15, 0.2) is 55.1 Å². The summed E-state index contributed by atoms with van der Waals surface area (Å²) in [6.07, 6.45) is 5.45. The molecule has 6 heteroatoms. The summed E-state index contributed by atoms with van der Waals surface area (Å²) in [6.45, 7) is 11.6. The third kappa shape index (κ3) is 3.28. The van der Waals surface area contributed by atoms with Gasteiger partial charge in [-0.2, -0.15) is 0 Å². The molecule has 0 atom stereocenters. The second-order valence-electron chi connectivity index (χ2n) is 9.13. The zero-order chi connectivity index (χ0) is 21.8. The van der Waals surface area contributed by atoms with E-state index < -0.39 is 0 Å². The molecule has 0 aliphatic heterocycles. The van der Waals surface area contributed by atoms with Gasteiger partial charge in [-0.3, -0.25) is 4.98 Å². The van der Waals surface area contributed by atoms with Crippen molar-refractivity contribution >= 4 is 16.7 Å². The number of hydrogen-bond donors (Lipinski definition) is 0. The zero-order valence-corrected chi connectivity index (χ0v) is 18.6. The molecule has 0 amide bonds. The maximum atomic E-state index is 4.91. The molecule has 4 heterocycles. The highest BCUT2D eigenvalue weighted by Crippen LogP contribution is 2.29. The Labute approximate surface area is 181 Å². The van der Waals surface area contributed by atoms with Gasteiger partial charge in [-0.05, 0) is 42.0 Å². The van der Waals surface area contributed by atoms with E-state index in [4.69, 9.17) is 15.1 Å². The Morgan fingerprint density at radius 2 is 1.74 bits per heavy atom. The molecule has 0 N–H and O–H groups in total. The summed E-state index contributed by atoms with van der Waals surface area (Å²) >= 11 is 0. The second-order valence-corrected chi connectivity index (χ2v) is 9.13. The zero-order valence-electron chi connectivity index (χ0n) is 18.6. The first-order chi connectivity index (χ1) is 14.8. The van der Waals surface area contributed by atoms with Crippen LogP contribution in [-0.4, -0.2) is 29.1 Å². The number of nitrogens with zero attached hydrogens (tertiary/aromatic N) is 6. The minimum absolute atomic E-state index is 0.118. The lowest BCUT2D eigenvalue weighted by atomic mass is 9.87. The Balaban J connectivity index is 1.62. The molecule has 0 fully saturated rings. The van der Waals surface area contributed by atoms with Gasteiger partial charge >= 0.3 is 0 Å². The number of fused-ring (bicyclic) bond motifs is 3. The molecule has 0 aliphatic rings. The smallest absolute Gasteiger partial charge is 0.182 e. The first kappa shape index (κ1) is 19.4. The van der Waals surface area contributed by atoms with Crippen molar-refractivity contribution in [2.45, 2.75) is 46.6 Å². The number of hydrogen-bond acceptors (Lipinski definition) is 4. The van der Waals surface area contributed by atoms with Gasteiger partial charge in [-0.15, -0.1) is 5.10 Å². The average Bonchev–Trinajstić information content (AvgIpc) is 3.29. The fourth-order valence-corrected chi connectivity index (χ4v) is 4.04. The number of aromatic nitrogens is 6. The molecular weight excluding hydrogens is 384 g/mol. The maximum absolute atomic E-state index is 4.91. The fraction of sp³-hybridized carbons (Fsp3) is 0.280. The van der Waals surface area contributed by atoms with Crippen molar-refractivity contribution < 1.29 is 0 Å². The molecule has 0 unspecified atom stereocenters. The molecule has 5 aromatic rings. The van der Waals surface area contributed by atoms with E-state index in [1.54, 1.807) is 17.0 Å². The summed E-state index contributed by atoms with van der Waals surface area (Å²) in [5, 5.41) is 5.76. The molecule has 0 bridgehead atoms. The highest BCUT2D eigenvalue weighted by Gasteiger charge is 2.19. The van der Waals surface area contributed by atoms with Crippen LogP contribution in [0.1, 0.15) is 43.2 Å². The summed E-state index contributed by atoms with van der Waals surface area (Å²) < 4.78 is 4.02. The number of benzene rings is 1. The van der Waals surface area contributed by atoms with Crippen molar-refractivity contribution in [3.8, 4) is 11.4 Å². The summed E-state index contributed by atoms with van der Waals surface area (Å²) in [5.41, 5.74) is 7.69. The van der Waals surface area contributed by atoms with Crippen LogP contribution in [0.5, 0.6) is 0 Å².